The molecule has 0 amide bonds. The van der Waals surface area contributed by atoms with Gasteiger partial charge >= 0.3 is 0 Å². The predicted octanol–water partition coefficient (Wildman–Crippen LogP) is 13.9. The molecule has 260 valence electrons. The first-order chi connectivity index (χ1) is 27.0. The van der Waals surface area contributed by atoms with E-state index in [9.17, 15) is 0 Å². The Hall–Kier alpha value is -6.90. The fourth-order valence-electron chi connectivity index (χ4n) is 8.52. The van der Waals surface area contributed by atoms with Gasteiger partial charge in [0.15, 0.2) is 5.82 Å². The van der Waals surface area contributed by atoms with Gasteiger partial charge in [0.2, 0.25) is 0 Å². The molecule has 1 aliphatic carbocycles. The number of rotatable bonds is 6. The van der Waals surface area contributed by atoms with Crippen LogP contribution in [-0.2, 0) is 5.41 Å². The molecule has 0 saturated carbocycles. The molecule has 0 saturated heterocycles. The average Bonchev–Trinajstić information content (AvgIpc) is 3.48. The molecular weight excluding hydrogens is 665 g/mol. The molecule has 1 aromatic heterocycles. The normalized spacial score (nSPS) is 12.7. The van der Waals surface area contributed by atoms with Crippen molar-refractivity contribution in [1.82, 2.24) is 9.97 Å². The molecule has 1 heterocycles. The summed E-state index contributed by atoms with van der Waals surface area (Å²) in [6.07, 6.45) is 0. The van der Waals surface area contributed by atoms with E-state index < -0.39 is 0 Å². The van der Waals surface area contributed by atoms with Crippen LogP contribution in [0.4, 0.5) is 0 Å². The Kier molecular flexibility index (Phi) is 7.85. The number of benzene rings is 8. The highest BCUT2D eigenvalue weighted by atomic mass is 14.9. The molecule has 55 heavy (non-hydrogen) atoms. The molecule has 2 nitrogen and oxygen atoms in total. The first-order valence-electron chi connectivity index (χ1n) is 19.0. The van der Waals surface area contributed by atoms with Gasteiger partial charge in [-0.25, -0.2) is 9.97 Å². The Balaban J connectivity index is 1.18. The summed E-state index contributed by atoms with van der Waals surface area (Å²) in [5.41, 5.74) is 17.2. The van der Waals surface area contributed by atoms with E-state index >= 15 is 0 Å². The minimum Gasteiger partial charge on any atom is -0.228 e. The lowest BCUT2D eigenvalue weighted by Gasteiger charge is -2.22. The van der Waals surface area contributed by atoms with Crippen molar-refractivity contribution in [1.29, 1.82) is 0 Å². The fraction of sp³-hybridized carbons (Fsp3) is 0.0566. The molecule has 2 heteroatoms. The van der Waals surface area contributed by atoms with Crippen molar-refractivity contribution in [2.24, 2.45) is 0 Å². The lowest BCUT2D eigenvalue weighted by atomic mass is 9.81. The quantitative estimate of drug-likeness (QED) is 0.172. The smallest absolute Gasteiger partial charge is 0.160 e. The van der Waals surface area contributed by atoms with E-state index in [-0.39, 0.29) is 5.41 Å². The molecule has 0 aliphatic heterocycles. The minimum absolute atomic E-state index is 0.134. The van der Waals surface area contributed by atoms with Crippen LogP contribution in [0.15, 0.2) is 194 Å². The van der Waals surface area contributed by atoms with Crippen molar-refractivity contribution in [3.63, 3.8) is 0 Å². The summed E-state index contributed by atoms with van der Waals surface area (Å²) in [6.45, 7) is 4.72. The Morgan fingerprint density at radius 2 is 0.891 bits per heavy atom. The Labute approximate surface area is 322 Å². The van der Waals surface area contributed by atoms with Gasteiger partial charge in [0.05, 0.1) is 11.4 Å². The summed E-state index contributed by atoms with van der Waals surface area (Å²) >= 11 is 0. The van der Waals surface area contributed by atoms with Crippen LogP contribution in [0.2, 0.25) is 0 Å². The maximum Gasteiger partial charge on any atom is 0.160 e. The van der Waals surface area contributed by atoms with Crippen molar-refractivity contribution in [3.05, 3.63) is 205 Å². The second-order valence-corrected chi connectivity index (χ2v) is 15.0. The average molecular weight is 703 g/mol. The van der Waals surface area contributed by atoms with Gasteiger partial charge in [-0.15, -0.1) is 0 Å². The standard InChI is InChI=1S/C53H38N2/c1-53(2)47-28-16-27-44(51(47)46-31-38-23-12-13-24-39(38)33-48(46)53)42-25-14-15-26-43(42)50-34-49(54-52(55-50)37-21-10-5-11-22-37)40-29-30-41(35-17-6-3-7-18-35)45(32-40)36-19-8-4-9-20-36/h3-34H,1-2H3. The molecule has 0 N–H and O–H groups in total. The summed E-state index contributed by atoms with van der Waals surface area (Å²) in [6, 6.07) is 69.5. The van der Waals surface area contributed by atoms with Crippen molar-refractivity contribution in [2.45, 2.75) is 19.3 Å². The maximum atomic E-state index is 5.33. The van der Waals surface area contributed by atoms with Gasteiger partial charge in [-0.2, -0.15) is 0 Å². The summed E-state index contributed by atoms with van der Waals surface area (Å²) < 4.78 is 0. The second-order valence-electron chi connectivity index (χ2n) is 15.0. The van der Waals surface area contributed by atoms with Crippen LogP contribution in [0.3, 0.4) is 0 Å². The van der Waals surface area contributed by atoms with Gasteiger partial charge in [0.1, 0.15) is 0 Å². The van der Waals surface area contributed by atoms with Crippen LogP contribution in [0.5, 0.6) is 0 Å². The molecule has 0 radical (unpaired) electrons. The monoisotopic (exact) mass is 702 g/mol. The molecule has 0 spiro atoms. The lowest BCUT2D eigenvalue weighted by Crippen LogP contribution is -2.14. The molecule has 1 aliphatic rings. The molecule has 8 aromatic carbocycles. The number of fused-ring (bicyclic) bond motifs is 4. The maximum absolute atomic E-state index is 5.33. The zero-order valence-electron chi connectivity index (χ0n) is 30.9. The topological polar surface area (TPSA) is 25.8 Å². The zero-order chi connectivity index (χ0) is 36.9. The third kappa shape index (κ3) is 5.66. The van der Waals surface area contributed by atoms with E-state index in [0.29, 0.717) is 5.82 Å². The summed E-state index contributed by atoms with van der Waals surface area (Å²) in [7, 11) is 0. The van der Waals surface area contributed by atoms with Crippen molar-refractivity contribution < 1.29 is 0 Å². The highest BCUT2D eigenvalue weighted by Gasteiger charge is 2.37. The third-order valence-corrected chi connectivity index (χ3v) is 11.3. The van der Waals surface area contributed by atoms with Gasteiger partial charge in [0.25, 0.3) is 0 Å². The Morgan fingerprint density at radius 3 is 1.60 bits per heavy atom. The van der Waals surface area contributed by atoms with Gasteiger partial charge in [-0.1, -0.05) is 184 Å². The lowest BCUT2D eigenvalue weighted by molar-refractivity contribution is 0.661. The number of aromatic nitrogens is 2. The Bertz CT molecular complexity index is 2870. The third-order valence-electron chi connectivity index (χ3n) is 11.3. The molecule has 0 unspecified atom stereocenters. The fourth-order valence-corrected chi connectivity index (χ4v) is 8.52. The van der Waals surface area contributed by atoms with E-state index in [1.807, 2.05) is 6.07 Å². The van der Waals surface area contributed by atoms with Crippen molar-refractivity contribution in [3.8, 4) is 78.4 Å². The van der Waals surface area contributed by atoms with Gasteiger partial charge in [-0.3, -0.25) is 0 Å². The summed E-state index contributed by atoms with van der Waals surface area (Å²) in [5.74, 6) is 0.701. The van der Waals surface area contributed by atoms with E-state index in [0.717, 1.165) is 33.6 Å². The first-order valence-corrected chi connectivity index (χ1v) is 19.0. The van der Waals surface area contributed by atoms with Crippen LogP contribution in [0, 0.1) is 0 Å². The van der Waals surface area contributed by atoms with E-state index in [1.165, 1.54) is 60.8 Å². The molecule has 0 bridgehead atoms. The molecular formula is C53H38N2. The van der Waals surface area contributed by atoms with E-state index in [2.05, 4.69) is 202 Å². The molecule has 0 fully saturated rings. The molecule has 9 aromatic rings. The number of hydrogen-bond acceptors (Lipinski definition) is 2. The zero-order valence-corrected chi connectivity index (χ0v) is 30.9. The van der Waals surface area contributed by atoms with Crippen LogP contribution < -0.4 is 0 Å². The largest absolute Gasteiger partial charge is 0.228 e. The highest BCUT2D eigenvalue weighted by molar-refractivity contribution is 6.01. The molecule has 0 atom stereocenters. The number of hydrogen-bond donors (Lipinski definition) is 0. The predicted molar refractivity (Wildman–Crippen MR) is 230 cm³/mol. The Morgan fingerprint density at radius 1 is 0.327 bits per heavy atom. The second kappa shape index (κ2) is 13.2. The van der Waals surface area contributed by atoms with Crippen molar-refractivity contribution in [2.75, 3.05) is 0 Å². The summed E-state index contributed by atoms with van der Waals surface area (Å²) in [5, 5.41) is 2.53. The van der Waals surface area contributed by atoms with Crippen LogP contribution in [0.1, 0.15) is 25.0 Å². The van der Waals surface area contributed by atoms with Gasteiger partial charge in [-0.05, 0) is 90.7 Å². The highest BCUT2D eigenvalue weighted by Crippen LogP contribution is 2.54. The molecule has 10 rings (SSSR count). The number of nitrogens with zero attached hydrogens (tertiary/aromatic N) is 2. The van der Waals surface area contributed by atoms with Crippen LogP contribution in [-0.4, -0.2) is 9.97 Å². The van der Waals surface area contributed by atoms with Crippen LogP contribution >= 0.6 is 0 Å². The first kappa shape index (κ1) is 32.7. The summed E-state index contributed by atoms with van der Waals surface area (Å²) in [4.78, 5) is 10.6. The van der Waals surface area contributed by atoms with Gasteiger partial charge in [0, 0.05) is 22.1 Å². The van der Waals surface area contributed by atoms with E-state index in [1.54, 1.807) is 0 Å². The van der Waals surface area contributed by atoms with Gasteiger partial charge < -0.3 is 0 Å². The van der Waals surface area contributed by atoms with Crippen LogP contribution in [0.25, 0.3) is 89.2 Å². The SMILES string of the molecule is CC1(C)c2cc3ccccc3cc2-c2c(-c3ccccc3-c3cc(-c4ccc(-c5ccccc5)c(-c5ccccc5)c4)nc(-c4ccccc4)n3)cccc21. The van der Waals surface area contributed by atoms with E-state index in [4.69, 9.17) is 9.97 Å². The minimum atomic E-state index is -0.134. The van der Waals surface area contributed by atoms with Crippen molar-refractivity contribution >= 4 is 10.8 Å².